The second-order valence-corrected chi connectivity index (χ2v) is 6.04. The quantitative estimate of drug-likeness (QED) is 0.511. The fraction of sp³-hybridized carbons (Fsp3) is 0.286. The number of amides is 2. The Hall–Kier alpha value is -3.35. The molecule has 0 saturated heterocycles. The lowest BCUT2D eigenvalue weighted by Gasteiger charge is -2.07. The Labute approximate surface area is 164 Å². The molecule has 0 aliphatic heterocycles. The molecule has 0 bridgehead atoms. The van der Waals surface area contributed by atoms with E-state index in [4.69, 9.17) is 9.47 Å². The van der Waals surface area contributed by atoms with Crippen LogP contribution in [0.3, 0.4) is 0 Å². The van der Waals surface area contributed by atoms with Crippen LogP contribution >= 0.6 is 0 Å². The number of rotatable bonds is 9. The zero-order valence-corrected chi connectivity index (χ0v) is 16.3. The first-order valence-electron chi connectivity index (χ1n) is 9.02. The summed E-state index contributed by atoms with van der Waals surface area (Å²) in [6, 6.07) is 12.0. The van der Waals surface area contributed by atoms with E-state index in [9.17, 15) is 9.59 Å². The van der Waals surface area contributed by atoms with Crippen molar-refractivity contribution in [3.05, 3.63) is 53.6 Å². The van der Waals surface area contributed by atoms with Crippen LogP contribution in [-0.2, 0) is 4.79 Å². The van der Waals surface area contributed by atoms with Crippen molar-refractivity contribution in [3.8, 4) is 11.5 Å². The molecule has 0 aromatic heterocycles. The molecular weight excluding hydrogens is 358 g/mol. The second-order valence-electron chi connectivity index (χ2n) is 6.04. The number of hydrogen-bond donors (Lipinski definition) is 2. The highest BCUT2D eigenvalue weighted by atomic mass is 16.5. The summed E-state index contributed by atoms with van der Waals surface area (Å²) >= 11 is 0. The largest absolute Gasteiger partial charge is 0.493 e. The van der Waals surface area contributed by atoms with Gasteiger partial charge in [-0.15, -0.1) is 0 Å². The van der Waals surface area contributed by atoms with Crippen molar-refractivity contribution < 1.29 is 19.1 Å². The van der Waals surface area contributed by atoms with Crippen LogP contribution in [0, 0.1) is 0 Å². The van der Waals surface area contributed by atoms with Crippen molar-refractivity contribution >= 4 is 23.7 Å². The van der Waals surface area contributed by atoms with E-state index in [0.29, 0.717) is 29.2 Å². The molecule has 148 valence electrons. The van der Waals surface area contributed by atoms with Crippen molar-refractivity contribution in [3.63, 3.8) is 0 Å². The zero-order valence-electron chi connectivity index (χ0n) is 16.3. The van der Waals surface area contributed by atoms with E-state index in [2.05, 4.69) is 15.8 Å². The van der Waals surface area contributed by atoms with Gasteiger partial charge in [0.15, 0.2) is 11.5 Å². The van der Waals surface area contributed by atoms with E-state index < -0.39 is 0 Å². The lowest BCUT2D eigenvalue weighted by atomic mass is 10.2. The minimum Gasteiger partial charge on any atom is -0.493 e. The standard InChI is InChI=1S/C21H25N3O4/c1-4-5-6-20(25)23-17-10-8-16(9-11-17)21(26)24-22-14-15-7-12-18(27-2)19(13-15)28-3/h7-14H,4-6H2,1-3H3,(H,23,25)(H,24,26). The predicted molar refractivity (Wildman–Crippen MR) is 109 cm³/mol. The lowest BCUT2D eigenvalue weighted by molar-refractivity contribution is -0.116. The molecule has 2 aromatic carbocycles. The number of benzene rings is 2. The minimum absolute atomic E-state index is 0.0291. The van der Waals surface area contributed by atoms with Crippen LogP contribution in [-0.4, -0.2) is 32.2 Å². The maximum absolute atomic E-state index is 12.2. The molecule has 2 amide bonds. The molecule has 0 fully saturated rings. The first kappa shape index (κ1) is 21.0. The van der Waals surface area contributed by atoms with E-state index in [1.54, 1.807) is 56.7 Å². The summed E-state index contributed by atoms with van der Waals surface area (Å²) in [4.78, 5) is 23.9. The third-order valence-corrected chi connectivity index (χ3v) is 3.98. The van der Waals surface area contributed by atoms with Crippen LogP contribution in [0.4, 0.5) is 5.69 Å². The number of hydrogen-bond acceptors (Lipinski definition) is 5. The molecule has 0 aliphatic rings. The minimum atomic E-state index is -0.347. The van der Waals surface area contributed by atoms with Crippen LogP contribution < -0.4 is 20.2 Å². The molecule has 0 radical (unpaired) electrons. The Morgan fingerprint density at radius 1 is 1.04 bits per heavy atom. The van der Waals surface area contributed by atoms with Gasteiger partial charge in [0.05, 0.1) is 20.4 Å². The summed E-state index contributed by atoms with van der Waals surface area (Å²) in [6.45, 7) is 2.04. The number of anilines is 1. The normalized spacial score (nSPS) is 10.5. The fourth-order valence-electron chi connectivity index (χ4n) is 2.43. The number of unbranched alkanes of at least 4 members (excludes halogenated alkanes) is 1. The third-order valence-electron chi connectivity index (χ3n) is 3.98. The highest BCUT2D eigenvalue weighted by Gasteiger charge is 2.06. The summed E-state index contributed by atoms with van der Waals surface area (Å²) < 4.78 is 10.4. The molecule has 2 rings (SSSR count). The van der Waals surface area contributed by atoms with E-state index in [-0.39, 0.29) is 11.8 Å². The van der Waals surface area contributed by atoms with Crippen molar-refractivity contribution in [1.82, 2.24) is 5.43 Å². The number of methoxy groups -OCH3 is 2. The number of nitrogens with one attached hydrogen (secondary N) is 2. The van der Waals surface area contributed by atoms with Gasteiger partial charge in [0, 0.05) is 17.7 Å². The Morgan fingerprint density at radius 3 is 2.39 bits per heavy atom. The molecule has 7 nitrogen and oxygen atoms in total. The number of carbonyl (C=O) groups is 2. The average Bonchev–Trinajstić information content (AvgIpc) is 2.72. The first-order chi connectivity index (χ1) is 13.6. The highest BCUT2D eigenvalue weighted by Crippen LogP contribution is 2.26. The van der Waals surface area contributed by atoms with Crippen molar-refractivity contribution in [2.24, 2.45) is 5.10 Å². The predicted octanol–water partition coefficient (Wildman–Crippen LogP) is 3.60. The Kier molecular flexibility index (Phi) is 8.02. The SMILES string of the molecule is CCCCC(=O)Nc1ccc(C(=O)NN=Cc2ccc(OC)c(OC)c2)cc1. The number of carbonyl (C=O) groups excluding carboxylic acids is 2. The maximum atomic E-state index is 12.2. The van der Waals surface area contributed by atoms with E-state index in [1.807, 2.05) is 6.92 Å². The molecule has 7 heteroatoms. The first-order valence-corrected chi connectivity index (χ1v) is 9.02. The summed E-state index contributed by atoms with van der Waals surface area (Å²) in [6.07, 6.45) is 3.83. The third kappa shape index (κ3) is 6.12. The summed E-state index contributed by atoms with van der Waals surface area (Å²) in [5.74, 6) is 0.819. The van der Waals surface area contributed by atoms with Gasteiger partial charge in [-0.3, -0.25) is 9.59 Å². The average molecular weight is 383 g/mol. The van der Waals surface area contributed by atoms with Gasteiger partial charge in [0.1, 0.15) is 0 Å². The van der Waals surface area contributed by atoms with E-state index in [1.165, 1.54) is 6.21 Å². The topological polar surface area (TPSA) is 89.0 Å². The molecule has 2 N–H and O–H groups in total. The fourth-order valence-corrected chi connectivity index (χ4v) is 2.43. The van der Waals surface area contributed by atoms with Crippen LogP contribution in [0.1, 0.15) is 42.1 Å². The van der Waals surface area contributed by atoms with Crippen molar-refractivity contribution in [2.45, 2.75) is 26.2 Å². The summed E-state index contributed by atoms with van der Waals surface area (Å²) in [5.41, 5.74) is 4.33. The van der Waals surface area contributed by atoms with Crippen molar-refractivity contribution in [1.29, 1.82) is 0 Å². The van der Waals surface area contributed by atoms with Gasteiger partial charge in [-0.05, 0) is 54.4 Å². The van der Waals surface area contributed by atoms with E-state index >= 15 is 0 Å². The highest BCUT2D eigenvalue weighted by molar-refractivity contribution is 5.96. The monoisotopic (exact) mass is 383 g/mol. The van der Waals surface area contributed by atoms with Gasteiger partial charge in [-0.2, -0.15) is 5.10 Å². The van der Waals surface area contributed by atoms with Crippen molar-refractivity contribution in [2.75, 3.05) is 19.5 Å². The molecule has 0 atom stereocenters. The Balaban J connectivity index is 1.92. The van der Waals surface area contributed by atoms with E-state index in [0.717, 1.165) is 18.4 Å². The Morgan fingerprint density at radius 2 is 1.75 bits per heavy atom. The molecule has 0 aliphatic carbocycles. The molecule has 0 spiro atoms. The van der Waals surface area contributed by atoms with Crippen LogP contribution in [0.25, 0.3) is 0 Å². The molecule has 0 saturated carbocycles. The molecule has 0 heterocycles. The van der Waals surface area contributed by atoms with Gasteiger partial charge in [-0.25, -0.2) is 5.43 Å². The summed E-state index contributed by atoms with van der Waals surface area (Å²) in [7, 11) is 3.12. The molecular formula is C21H25N3O4. The second kappa shape index (κ2) is 10.7. The van der Waals surface area contributed by atoms with Gasteiger partial charge in [0.25, 0.3) is 5.91 Å². The van der Waals surface area contributed by atoms with Gasteiger partial charge in [0.2, 0.25) is 5.91 Å². The van der Waals surface area contributed by atoms with Crippen LogP contribution in [0.2, 0.25) is 0 Å². The summed E-state index contributed by atoms with van der Waals surface area (Å²) in [5, 5.41) is 6.77. The molecule has 2 aromatic rings. The number of hydrazone groups is 1. The van der Waals surface area contributed by atoms with Gasteiger partial charge in [-0.1, -0.05) is 13.3 Å². The Bertz CT molecular complexity index is 832. The van der Waals surface area contributed by atoms with Crippen LogP contribution in [0.15, 0.2) is 47.6 Å². The number of nitrogens with zero attached hydrogens (tertiary/aromatic N) is 1. The van der Waals surface area contributed by atoms with Crippen LogP contribution in [0.5, 0.6) is 11.5 Å². The smallest absolute Gasteiger partial charge is 0.271 e. The van der Waals surface area contributed by atoms with Gasteiger partial charge >= 0.3 is 0 Å². The maximum Gasteiger partial charge on any atom is 0.271 e. The lowest BCUT2D eigenvalue weighted by Crippen LogP contribution is -2.17. The van der Waals surface area contributed by atoms with Gasteiger partial charge < -0.3 is 14.8 Å². The zero-order chi connectivity index (χ0) is 20.4. The molecule has 0 unspecified atom stereocenters. The number of ether oxygens (including phenoxy) is 2. The molecule has 28 heavy (non-hydrogen) atoms.